The lowest BCUT2D eigenvalue weighted by Crippen LogP contribution is -2.57. The summed E-state index contributed by atoms with van der Waals surface area (Å²) in [5.41, 5.74) is 0.876. The maximum atomic E-state index is 14.0. The van der Waals surface area contributed by atoms with Gasteiger partial charge in [-0.25, -0.2) is 14.6 Å². The Labute approximate surface area is 252 Å². The molecule has 0 saturated carbocycles. The summed E-state index contributed by atoms with van der Waals surface area (Å²) >= 11 is 0. The highest BCUT2D eigenvalue weighted by Gasteiger charge is 2.46. The fourth-order valence-electron chi connectivity index (χ4n) is 5.06. The molecule has 1 saturated heterocycles. The van der Waals surface area contributed by atoms with Gasteiger partial charge in [0.1, 0.15) is 35.3 Å². The van der Waals surface area contributed by atoms with Gasteiger partial charge < -0.3 is 29.2 Å². The predicted molar refractivity (Wildman–Crippen MR) is 163 cm³/mol. The molecule has 43 heavy (non-hydrogen) atoms. The van der Waals surface area contributed by atoms with Crippen LogP contribution < -0.4 is 14.8 Å². The molecule has 3 unspecified atom stereocenters. The summed E-state index contributed by atoms with van der Waals surface area (Å²) in [5.74, 6) is 0.242. The lowest BCUT2D eigenvalue weighted by Gasteiger charge is -2.35. The Balaban J connectivity index is 1.67. The number of rotatable bonds is 7. The number of hydrogen-bond donors (Lipinski definition) is 1. The number of carbonyl (C=O) groups is 3. The predicted octanol–water partition coefficient (Wildman–Crippen LogP) is 5.37. The molecule has 1 aliphatic rings. The van der Waals surface area contributed by atoms with Crippen molar-refractivity contribution < 1.29 is 33.3 Å². The average Bonchev–Trinajstić information content (AvgIpc) is 3.37. The normalized spacial score (nSPS) is 17.7. The van der Waals surface area contributed by atoms with Crippen LogP contribution in [0.5, 0.6) is 11.5 Å². The molecule has 2 aromatic carbocycles. The van der Waals surface area contributed by atoms with Gasteiger partial charge in [0.2, 0.25) is 5.91 Å². The van der Waals surface area contributed by atoms with Crippen LogP contribution in [0.15, 0.2) is 54.6 Å². The van der Waals surface area contributed by atoms with Crippen molar-refractivity contribution >= 4 is 28.9 Å². The van der Waals surface area contributed by atoms with Crippen LogP contribution in [0, 0.1) is 5.41 Å². The Kier molecular flexibility index (Phi) is 9.18. The SMILES string of the molecule is COC(=O)C1CC(Oc2cc(-c3ccccc3)nc3cc(OC)ccc23)CN1C(=O)C(NC(=O)OC(C)(C)C)C(C)(C)C. The monoisotopic (exact) mass is 591 g/mol. The minimum absolute atomic E-state index is 0.113. The molecule has 2 amide bonds. The van der Waals surface area contributed by atoms with Gasteiger partial charge in [-0.2, -0.15) is 0 Å². The van der Waals surface area contributed by atoms with E-state index >= 15 is 0 Å². The molecular formula is C33H41N3O7. The summed E-state index contributed by atoms with van der Waals surface area (Å²) in [6, 6.07) is 15.3. The van der Waals surface area contributed by atoms with Gasteiger partial charge >= 0.3 is 12.1 Å². The summed E-state index contributed by atoms with van der Waals surface area (Å²) < 4.78 is 22.5. The zero-order chi connectivity index (χ0) is 31.5. The largest absolute Gasteiger partial charge is 0.497 e. The van der Waals surface area contributed by atoms with E-state index in [-0.39, 0.29) is 13.0 Å². The maximum Gasteiger partial charge on any atom is 0.408 e. The number of amides is 2. The molecule has 0 aliphatic carbocycles. The fraction of sp³-hybridized carbons (Fsp3) is 0.455. The van der Waals surface area contributed by atoms with Crippen LogP contribution >= 0.6 is 0 Å². The molecule has 0 bridgehead atoms. The number of nitrogens with one attached hydrogen (secondary N) is 1. The van der Waals surface area contributed by atoms with E-state index in [9.17, 15) is 14.4 Å². The second-order valence-corrected chi connectivity index (χ2v) is 12.7. The van der Waals surface area contributed by atoms with Crippen LogP contribution in [0.4, 0.5) is 4.79 Å². The molecule has 1 fully saturated rings. The van der Waals surface area contributed by atoms with Gasteiger partial charge in [0.05, 0.1) is 32.0 Å². The second kappa shape index (κ2) is 12.5. The number of esters is 1. The summed E-state index contributed by atoms with van der Waals surface area (Å²) in [6.45, 7) is 10.9. The molecule has 3 aromatic rings. The zero-order valence-corrected chi connectivity index (χ0v) is 26.1. The van der Waals surface area contributed by atoms with Gasteiger partial charge in [-0.3, -0.25) is 4.79 Å². The lowest BCUT2D eigenvalue weighted by molar-refractivity contribution is -0.152. The first-order valence-electron chi connectivity index (χ1n) is 14.3. The zero-order valence-electron chi connectivity index (χ0n) is 26.1. The van der Waals surface area contributed by atoms with Crippen LogP contribution in [0.1, 0.15) is 48.0 Å². The van der Waals surface area contributed by atoms with Gasteiger partial charge in [0.25, 0.3) is 0 Å². The van der Waals surface area contributed by atoms with Crippen molar-refractivity contribution in [2.45, 2.75) is 71.8 Å². The van der Waals surface area contributed by atoms with Crippen molar-refractivity contribution in [2.75, 3.05) is 20.8 Å². The Bertz CT molecular complexity index is 1480. The summed E-state index contributed by atoms with van der Waals surface area (Å²) in [5, 5.41) is 3.49. The molecule has 1 aliphatic heterocycles. The van der Waals surface area contributed by atoms with E-state index in [1.165, 1.54) is 12.0 Å². The molecule has 2 heterocycles. The van der Waals surface area contributed by atoms with Crippen molar-refractivity contribution in [1.29, 1.82) is 0 Å². The number of fused-ring (bicyclic) bond motifs is 1. The first-order valence-corrected chi connectivity index (χ1v) is 14.3. The number of methoxy groups -OCH3 is 2. The summed E-state index contributed by atoms with van der Waals surface area (Å²) in [4.78, 5) is 45.9. The smallest absolute Gasteiger partial charge is 0.408 e. The molecule has 10 nitrogen and oxygen atoms in total. The van der Waals surface area contributed by atoms with E-state index in [1.54, 1.807) is 27.9 Å². The number of carbonyl (C=O) groups excluding carboxylic acids is 3. The summed E-state index contributed by atoms with van der Waals surface area (Å²) in [7, 11) is 2.88. The Morgan fingerprint density at radius 1 is 0.977 bits per heavy atom. The van der Waals surface area contributed by atoms with Crippen molar-refractivity contribution in [3.8, 4) is 22.8 Å². The minimum Gasteiger partial charge on any atom is -0.497 e. The van der Waals surface area contributed by atoms with Crippen LogP contribution in [-0.4, -0.2) is 72.4 Å². The van der Waals surface area contributed by atoms with Crippen molar-refractivity contribution in [3.63, 3.8) is 0 Å². The molecular weight excluding hydrogens is 550 g/mol. The van der Waals surface area contributed by atoms with Crippen LogP contribution in [-0.2, 0) is 19.1 Å². The number of nitrogens with zero attached hydrogens (tertiary/aromatic N) is 2. The first kappa shape index (κ1) is 31.6. The topological polar surface area (TPSA) is 116 Å². The number of benzene rings is 2. The third-order valence-corrected chi connectivity index (χ3v) is 7.14. The third kappa shape index (κ3) is 7.55. The van der Waals surface area contributed by atoms with Crippen molar-refractivity contribution in [2.24, 2.45) is 5.41 Å². The molecule has 1 aromatic heterocycles. The molecule has 4 rings (SSSR count). The number of aromatic nitrogens is 1. The highest BCUT2D eigenvalue weighted by Crippen LogP contribution is 2.35. The minimum atomic E-state index is -0.966. The molecule has 10 heteroatoms. The second-order valence-electron chi connectivity index (χ2n) is 12.7. The number of likely N-dealkylation sites (tertiary alicyclic amines) is 1. The average molecular weight is 592 g/mol. The molecule has 0 spiro atoms. The molecule has 0 radical (unpaired) electrons. The number of pyridine rings is 1. The standard InChI is InChI=1S/C33H41N3O7/c1-32(2,3)28(35-31(39)43-33(4,5)6)29(37)36-19-22(17-26(36)30(38)41-8)42-27-18-24(20-12-10-9-11-13-20)34-25-16-21(40-7)14-15-23(25)27/h9-16,18,22,26,28H,17,19H2,1-8H3,(H,35,39). The van der Waals surface area contributed by atoms with Crippen LogP contribution in [0.25, 0.3) is 22.2 Å². The third-order valence-electron chi connectivity index (χ3n) is 7.14. The number of hydrogen-bond acceptors (Lipinski definition) is 8. The van der Waals surface area contributed by atoms with Gasteiger partial charge in [-0.15, -0.1) is 0 Å². The van der Waals surface area contributed by atoms with Crippen LogP contribution in [0.3, 0.4) is 0 Å². The van der Waals surface area contributed by atoms with Crippen molar-refractivity contribution in [1.82, 2.24) is 15.2 Å². The Morgan fingerprint density at radius 2 is 1.67 bits per heavy atom. The number of alkyl carbamates (subject to hydrolysis) is 1. The molecule has 230 valence electrons. The Morgan fingerprint density at radius 3 is 2.28 bits per heavy atom. The first-order chi connectivity index (χ1) is 20.2. The quantitative estimate of drug-likeness (QED) is 0.365. The van der Waals surface area contributed by atoms with E-state index in [0.717, 1.165) is 10.9 Å². The van der Waals surface area contributed by atoms with E-state index < -0.39 is 47.2 Å². The van der Waals surface area contributed by atoms with E-state index in [4.69, 9.17) is 23.9 Å². The van der Waals surface area contributed by atoms with Gasteiger partial charge in [0.15, 0.2) is 0 Å². The highest BCUT2D eigenvalue weighted by molar-refractivity contribution is 5.91. The van der Waals surface area contributed by atoms with Gasteiger partial charge in [-0.05, 0) is 38.3 Å². The molecule has 1 N–H and O–H groups in total. The van der Waals surface area contributed by atoms with Crippen molar-refractivity contribution in [3.05, 3.63) is 54.6 Å². The molecule has 3 atom stereocenters. The van der Waals surface area contributed by atoms with E-state index in [0.29, 0.717) is 22.7 Å². The fourth-order valence-corrected chi connectivity index (χ4v) is 5.06. The summed E-state index contributed by atoms with van der Waals surface area (Å²) in [6.07, 6.45) is -1.04. The van der Waals surface area contributed by atoms with Gasteiger partial charge in [-0.1, -0.05) is 51.1 Å². The lowest BCUT2D eigenvalue weighted by atomic mass is 9.85. The van der Waals surface area contributed by atoms with E-state index in [1.807, 2.05) is 75.4 Å². The van der Waals surface area contributed by atoms with Crippen LogP contribution in [0.2, 0.25) is 0 Å². The highest BCUT2D eigenvalue weighted by atomic mass is 16.6. The van der Waals surface area contributed by atoms with Gasteiger partial charge in [0, 0.05) is 29.5 Å². The maximum absolute atomic E-state index is 14.0. The number of ether oxygens (including phenoxy) is 4. The Hall–Kier alpha value is -4.34. The van der Waals surface area contributed by atoms with E-state index in [2.05, 4.69) is 5.32 Å².